The van der Waals surface area contributed by atoms with Crippen LogP contribution in [0.1, 0.15) is 33.5 Å². The molecule has 0 aromatic heterocycles. The van der Waals surface area contributed by atoms with E-state index in [1.165, 1.54) is 17.0 Å². The molecular weight excluding hydrogens is 487 g/mol. The second-order valence-electron chi connectivity index (χ2n) is 10.4. The smallest absolute Gasteiger partial charge is 0.349 e. The van der Waals surface area contributed by atoms with Crippen molar-refractivity contribution in [3.8, 4) is 0 Å². The van der Waals surface area contributed by atoms with Gasteiger partial charge in [0.05, 0.1) is 0 Å². The number of fused-ring (bicyclic) bond motifs is 1. The van der Waals surface area contributed by atoms with Gasteiger partial charge in [0.2, 0.25) is 11.8 Å². The molecule has 1 fully saturated rings. The van der Waals surface area contributed by atoms with Crippen molar-refractivity contribution in [3.63, 3.8) is 0 Å². The van der Waals surface area contributed by atoms with E-state index in [1.807, 2.05) is 0 Å². The van der Waals surface area contributed by atoms with Crippen molar-refractivity contribution in [1.29, 1.82) is 0 Å². The van der Waals surface area contributed by atoms with Crippen molar-refractivity contribution in [1.82, 2.24) is 15.5 Å². The van der Waals surface area contributed by atoms with Gasteiger partial charge >= 0.3 is 5.92 Å². The average Bonchev–Trinajstić information content (AvgIpc) is 3.07. The topological polar surface area (TPSA) is 95.6 Å². The molecule has 4 rings (SSSR count). The number of imide groups is 1. The molecule has 0 radical (unpaired) electrons. The van der Waals surface area contributed by atoms with Crippen LogP contribution in [0.3, 0.4) is 0 Å². The lowest BCUT2D eigenvalue weighted by Gasteiger charge is -2.41. The number of amides is 4. The van der Waals surface area contributed by atoms with E-state index in [4.69, 9.17) is 11.6 Å². The van der Waals surface area contributed by atoms with E-state index < -0.39 is 39.9 Å². The van der Waals surface area contributed by atoms with Gasteiger partial charge in [0.1, 0.15) is 37.4 Å². The van der Waals surface area contributed by atoms with Gasteiger partial charge in [-0.15, -0.1) is 0 Å². The first-order valence-corrected chi connectivity index (χ1v) is 11.8. The van der Waals surface area contributed by atoms with Crippen LogP contribution in [0.15, 0.2) is 42.5 Å². The second-order valence-corrected chi connectivity index (χ2v) is 10.9. The number of benzene rings is 2. The first-order chi connectivity index (χ1) is 16.6. The van der Waals surface area contributed by atoms with Crippen molar-refractivity contribution >= 4 is 66.6 Å². The summed E-state index contributed by atoms with van der Waals surface area (Å²) in [6.07, 6.45) is 0.0929. The minimum Gasteiger partial charge on any atom is -0.357 e. The highest BCUT2D eigenvalue weighted by molar-refractivity contribution is 6.44. The van der Waals surface area contributed by atoms with E-state index >= 15 is 0 Å². The Balaban J connectivity index is 1.57. The second kappa shape index (κ2) is 8.80. The predicted octanol–water partition coefficient (Wildman–Crippen LogP) is -1.62. The van der Waals surface area contributed by atoms with Crippen LogP contribution in [-0.4, -0.2) is 66.0 Å². The summed E-state index contributed by atoms with van der Waals surface area (Å²) in [5, 5.41) is 3.02. The maximum Gasteiger partial charge on any atom is 0.349 e. The normalized spacial score (nSPS) is 19.6. The van der Waals surface area contributed by atoms with Crippen molar-refractivity contribution in [2.24, 2.45) is 0 Å². The highest BCUT2D eigenvalue weighted by Gasteiger charge is 2.49. The van der Waals surface area contributed by atoms with Crippen LogP contribution >= 0.6 is 11.6 Å². The fraction of sp³-hybridized carbons (Fsp3) is 0.273. The van der Waals surface area contributed by atoms with Crippen molar-refractivity contribution < 1.29 is 28.0 Å². The lowest BCUT2D eigenvalue weighted by molar-refractivity contribution is -0.147. The van der Waals surface area contributed by atoms with Gasteiger partial charge in [-0.3, -0.25) is 24.5 Å². The van der Waals surface area contributed by atoms with Gasteiger partial charge in [-0.1, -0.05) is 35.9 Å². The molecule has 2 aromatic carbocycles. The van der Waals surface area contributed by atoms with Gasteiger partial charge in [0.25, 0.3) is 11.8 Å². The van der Waals surface area contributed by atoms with Gasteiger partial charge in [0.15, 0.2) is 0 Å². The molecule has 1 unspecified atom stereocenters. The Morgan fingerprint density at radius 1 is 1.08 bits per heavy atom. The Morgan fingerprint density at radius 2 is 1.69 bits per heavy atom. The number of nitrogens with zero attached hydrogens (tertiary/aromatic N) is 1. The molecule has 2 N–H and O–H groups in total. The monoisotopic (exact) mass is 509 g/mol. The fourth-order valence-electron chi connectivity index (χ4n) is 4.84. The number of carbonyl (C=O) groups is 4. The number of nitrogens with one attached hydrogen (secondary N) is 2. The first kappa shape index (κ1) is 26.0. The Kier molecular flexibility index (Phi) is 6.35. The average molecular weight is 509 g/mol. The molecule has 2 aliphatic rings. The SMILES string of the molecule is BC(B)(NC(=O)C(F)(F)c1ccc(Cl)cc1)c1ccc2c(c1)CN(C1C(=O)NC(=O)CC1(B)B)C2=O. The van der Waals surface area contributed by atoms with Crippen LogP contribution in [0.5, 0.6) is 0 Å². The van der Waals surface area contributed by atoms with Crippen LogP contribution in [-0.2, 0) is 32.2 Å². The molecule has 36 heavy (non-hydrogen) atoms. The molecule has 1 saturated heterocycles. The van der Waals surface area contributed by atoms with Gasteiger partial charge < -0.3 is 10.2 Å². The van der Waals surface area contributed by atoms with E-state index in [0.29, 0.717) is 16.7 Å². The summed E-state index contributed by atoms with van der Waals surface area (Å²) in [5.41, 5.74) is 1.01. The summed E-state index contributed by atoms with van der Waals surface area (Å²) in [5.74, 6) is -6.54. The Hall–Kier alpha value is -3.07. The number of halogens is 3. The van der Waals surface area contributed by atoms with Gasteiger partial charge in [-0.2, -0.15) is 8.78 Å². The lowest BCUT2D eigenvalue weighted by atomic mass is 9.47. The maximum absolute atomic E-state index is 14.8. The maximum atomic E-state index is 14.8. The molecule has 1 atom stereocenters. The summed E-state index contributed by atoms with van der Waals surface area (Å²) in [6.45, 7) is 0.114. The molecule has 0 aliphatic carbocycles. The van der Waals surface area contributed by atoms with Crippen LogP contribution in [0.25, 0.3) is 0 Å². The Labute approximate surface area is 215 Å². The van der Waals surface area contributed by atoms with Crippen LogP contribution in [0.2, 0.25) is 10.2 Å². The third-order valence-corrected chi connectivity index (χ3v) is 7.01. The molecule has 0 bridgehead atoms. The first-order valence-electron chi connectivity index (χ1n) is 11.4. The zero-order chi connectivity index (χ0) is 26.6. The van der Waals surface area contributed by atoms with Crippen LogP contribution in [0, 0.1) is 0 Å². The summed E-state index contributed by atoms with van der Waals surface area (Å²) < 4.78 is 29.6. The zero-order valence-electron chi connectivity index (χ0n) is 20.2. The third kappa shape index (κ3) is 4.56. The van der Waals surface area contributed by atoms with Crippen molar-refractivity contribution in [2.75, 3.05) is 0 Å². The third-order valence-electron chi connectivity index (χ3n) is 6.76. The number of hydrogen-bond donors (Lipinski definition) is 2. The zero-order valence-corrected chi connectivity index (χ0v) is 21.0. The summed E-state index contributed by atoms with van der Waals surface area (Å²) in [7, 11) is 6.69. The lowest BCUT2D eigenvalue weighted by Crippen LogP contribution is -2.60. The van der Waals surface area contributed by atoms with E-state index in [9.17, 15) is 28.0 Å². The van der Waals surface area contributed by atoms with Gasteiger partial charge in [0, 0.05) is 34.5 Å². The molecular formula is C22H22B4ClF2N3O4. The van der Waals surface area contributed by atoms with Crippen molar-refractivity contribution in [2.45, 2.75) is 35.5 Å². The molecule has 0 saturated carbocycles. The van der Waals surface area contributed by atoms with E-state index in [1.54, 1.807) is 49.6 Å². The minimum absolute atomic E-state index is 0.0929. The van der Waals surface area contributed by atoms with Gasteiger partial charge in [-0.05, 0) is 34.5 Å². The molecule has 182 valence electrons. The van der Waals surface area contributed by atoms with Crippen LogP contribution in [0.4, 0.5) is 8.78 Å². The summed E-state index contributed by atoms with van der Waals surface area (Å²) >= 11 is 5.76. The molecule has 14 heteroatoms. The molecule has 7 nitrogen and oxygen atoms in total. The standard InChI is InChI=1S/C22H22B4ClF2N3O4/c23-20(24)8-15(33)30-17(34)16(20)32-9-10-7-12(3-6-14(10)18(32)35)22(25,26)31-19(36)21(28,29)11-1-4-13(27)5-2-11/h1-7,16H,8-9,23-26H2,(H,31,36)(H,30,33,34). The number of alkyl halides is 2. The number of rotatable bonds is 5. The number of hydrogen-bond acceptors (Lipinski definition) is 4. The summed E-state index contributed by atoms with van der Waals surface area (Å²) in [6, 6.07) is 8.76. The molecule has 2 aliphatic heterocycles. The largest absolute Gasteiger partial charge is 0.357 e. The highest BCUT2D eigenvalue weighted by atomic mass is 35.5. The van der Waals surface area contributed by atoms with Crippen LogP contribution < -0.4 is 10.6 Å². The Bertz CT molecular complexity index is 1290. The highest BCUT2D eigenvalue weighted by Crippen LogP contribution is 2.38. The molecule has 2 heterocycles. The van der Waals surface area contributed by atoms with Crippen molar-refractivity contribution in [3.05, 3.63) is 69.7 Å². The molecule has 0 spiro atoms. The minimum atomic E-state index is -3.79. The number of carbonyl (C=O) groups excluding carboxylic acids is 4. The summed E-state index contributed by atoms with van der Waals surface area (Å²) in [4.78, 5) is 51.6. The predicted molar refractivity (Wildman–Crippen MR) is 140 cm³/mol. The van der Waals surface area contributed by atoms with Gasteiger partial charge in [-0.25, -0.2) is 0 Å². The van der Waals surface area contributed by atoms with E-state index in [2.05, 4.69) is 10.6 Å². The van der Waals surface area contributed by atoms with E-state index in [-0.39, 0.29) is 29.8 Å². The van der Waals surface area contributed by atoms with E-state index in [0.717, 1.165) is 12.1 Å². The molecule has 4 amide bonds. The fourth-order valence-corrected chi connectivity index (χ4v) is 4.97. The Morgan fingerprint density at radius 3 is 2.31 bits per heavy atom. The number of piperidine rings is 1. The quantitative estimate of drug-likeness (QED) is 0.375. The molecule has 2 aromatic rings.